The molecule has 0 rings (SSSR count). The van der Waals surface area contributed by atoms with Crippen LogP contribution >= 0.6 is 0 Å². The van der Waals surface area contributed by atoms with Crippen LogP contribution in [0.4, 0.5) is 0 Å². The second-order valence-electron chi connectivity index (χ2n) is 6.33. The van der Waals surface area contributed by atoms with Gasteiger partial charge >= 0.3 is 0 Å². The lowest BCUT2D eigenvalue weighted by atomic mass is 10.0. The van der Waals surface area contributed by atoms with E-state index in [9.17, 15) is 0 Å². The van der Waals surface area contributed by atoms with E-state index < -0.39 is 0 Å². The van der Waals surface area contributed by atoms with Crippen molar-refractivity contribution in [2.24, 2.45) is 5.73 Å². The van der Waals surface area contributed by atoms with Gasteiger partial charge in [-0.05, 0) is 6.42 Å². The maximum absolute atomic E-state index is 8.81. The van der Waals surface area contributed by atoms with Gasteiger partial charge in [-0.2, -0.15) is 0 Å². The molecule has 0 saturated heterocycles. The monoisotopic (exact) mass is 285 g/mol. The molecule has 0 aliphatic carbocycles. The number of rotatable bonds is 16. The van der Waals surface area contributed by atoms with Gasteiger partial charge in [-0.3, -0.25) is 0 Å². The zero-order valence-corrected chi connectivity index (χ0v) is 13.9. The van der Waals surface area contributed by atoms with Crippen LogP contribution in [0.15, 0.2) is 0 Å². The summed E-state index contributed by atoms with van der Waals surface area (Å²) in [4.78, 5) is 0. The SMILES string of the molecule is CCCCCCCCCCCCCCCC[C@@H](N)CO. The van der Waals surface area contributed by atoms with Crippen molar-refractivity contribution in [3.05, 3.63) is 0 Å². The minimum atomic E-state index is 0.00678. The van der Waals surface area contributed by atoms with Gasteiger partial charge in [0.1, 0.15) is 0 Å². The summed E-state index contributed by atoms with van der Waals surface area (Å²) in [5, 5.41) is 8.81. The van der Waals surface area contributed by atoms with E-state index in [2.05, 4.69) is 6.92 Å². The minimum absolute atomic E-state index is 0.00678. The lowest BCUT2D eigenvalue weighted by molar-refractivity contribution is 0.257. The van der Waals surface area contributed by atoms with E-state index in [0.29, 0.717) is 0 Å². The third-order valence-corrected chi connectivity index (χ3v) is 4.16. The van der Waals surface area contributed by atoms with Crippen molar-refractivity contribution < 1.29 is 5.11 Å². The van der Waals surface area contributed by atoms with E-state index >= 15 is 0 Å². The summed E-state index contributed by atoms with van der Waals surface area (Å²) in [6, 6.07) is 0.00678. The number of hydrogen-bond donors (Lipinski definition) is 2. The average Bonchev–Trinajstić information content (AvgIpc) is 2.47. The van der Waals surface area contributed by atoms with Gasteiger partial charge in [0.15, 0.2) is 0 Å². The maximum atomic E-state index is 8.81. The van der Waals surface area contributed by atoms with E-state index in [-0.39, 0.29) is 12.6 Å². The molecular formula is C18H39NO. The van der Waals surface area contributed by atoms with E-state index in [1.165, 1.54) is 89.9 Å². The fourth-order valence-electron chi connectivity index (χ4n) is 2.69. The van der Waals surface area contributed by atoms with E-state index in [4.69, 9.17) is 10.8 Å². The average molecular weight is 286 g/mol. The second kappa shape index (κ2) is 17.0. The molecule has 0 spiro atoms. The number of aliphatic hydroxyl groups excluding tert-OH is 1. The van der Waals surface area contributed by atoms with Crippen LogP contribution in [0.3, 0.4) is 0 Å². The van der Waals surface area contributed by atoms with Crippen molar-refractivity contribution in [3.63, 3.8) is 0 Å². The Morgan fingerprint density at radius 3 is 1.35 bits per heavy atom. The van der Waals surface area contributed by atoms with E-state index in [1.807, 2.05) is 0 Å². The number of hydrogen-bond acceptors (Lipinski definition) is 2. The van der Waals surface area contributed by atoms with Gasteiger partial charge in [-0.25, -0.2) is 0 Å². The zero-order chi connectivity index (χ0) is 14.9. The largest absolute Gasteiger partial charge is 0.395 e. The van der Waals surface area contributed by atoms with E-state index in [1.54, 1.807) is 0 Å². The lowest BCUT2D eigenvalue weighted by Crippen LogP contribution is -2.23. The van der Waals surface area contributed by atoms with Crippen LogP contribution in [-0.4, -0.2) is 17.8 Å². The molecule has 2 heteroatoms. The fraction of sp³-hybridized carbons (Fsp3) is 1.00. The molecule has 0 bridgehead atoms. The Hall–Kier alpha value is -0.0800. The smallest absolute Gasteiger partial charge is 0.0582 e. The lowest BCUT2D eigenvalue weighted by Gasteiger charge is -2.07. The Kier molecular flexibility index (Phi) is 16.9. The summed E-state index contributed by atoms with van der Waals surface area (Å²) in [7, 11) is 0. The molecule has 1 atom stereocenters. The first-order chi connectivity index (χ1) is 9.81. The summed E-state index contributed by atoms with van der Waals surface area (Å²) in [5.74, 6) is 0. The molecule has 2 nitrogen and oxygen atoms in total. The zero-order valence-electron chi connectivity index (χ0n) is 13.9. The molecule has 0 fully saturated rings. The Bertz CT molecular complexity index is 173. The molecule has 3 N–H and O–H groups in total. The van der Waals surface area contributed by atoms with Gasteiger partial charge in [-0.1, -0.05) is 96.8 Å². The standard InChI is InChI=1S/C18H39NO/c1-2-3-4-5-6-7-8-9-10-11-12-13-14-15-16-18(19)17-20/h18,20H,2-17,19H2,1H3/t18-/m1/s1. The molecular weight excluding hydrogens is 246 g/mol. The molecule has 0 aliphatic heterocycles. The third kappa shape index (κ3) is 16.0. The van der Waals surface area contributed by atoms with Crippen LogP contribution < -0.4 is 5.73 Å². The summed E-state index contributed by atoms with van der Waals surface area (Å²) >= 11 is 0. The summed E-state index contributed by atoms with van der Waals surface area (Å²) in [6.07, 6.45) is 20.4. The molecule has 0 aromatic rings. The molecule has 0 aromatic heterocycles. The molecule has 20 heavy (non-hydrogen) atoms. The van der Waals surface area contributed by atoms with E-state index in [0.717, 1.165) is 6.42 Å². The Balaban J connectivity index is 2.96. The van der Waals surface area contributed by atoms with Crippen molar-refractivity contribution in [1.82, 2.24) is 0 Å². The highest BCUT2D eigenvalue weighted by Crippen LogP contribution is 2.13. The van der Waals surface area contributed by atoms with Gasteiger partial charge in [0.2, 0.25) is 0 Å². The van der Waals surface area contributed by atoms with Gasteiger partial charge in [0.25, 0.3) is 0 Å². The van der Waals surface area contributed by atoms with Crippen molar-refractivity contribution in [1.29, 1.82) is 0 Å². The Morgan fingerprint density at radius 2 is 1.00 bits per heavy atom. The van der Waals surface area contributed by atoms with Gasteiger partial charge in [-0.15, -0.1) is 0 Å². The highest BCUT2D eigenvalue weighted by Gasteiger charge is 1.99. The first-order valence-electron chi connectivity index (χ1n) is 9.17. The topological polar surface area (TPSA) is 46.2 Å². The summed E-state index contributed by atoms with van der Waals surface area (Å²) < 4.78 is 0. The second-order valence-corrected chi connectivity index (χ2v) is 6.33. The van der Waals surface area contributed by atoms with Crippen molar-refractivity contribution in [2.75, 3.05) is 6.61 Å². The number of nitrogens with two attached hydrogens (primary N) is 1. The summed E-state index contributed by atoms with van der Waals surface area (Å²) in [5.41, 5.74) is 5.67. The van der Waals surface area contributed by atoms with Crippen molar-refractivity contribution >= 4 is 0 Å². The van der Waals surface area contributed by atoms with Crippen LogP contribution in [-0.2, 0) is 0 Å². The molecule has 0 radical (unpaired) electrons. The normalized spacial score (nSPS) is 12.8. The molecule has 0 saturated carbocycles. The highest BCUT2D eigenvalue weighted by atomic mass is 16.3. The van der Waals surface area contributed by atoms with Crippen molar-refractivity contribution in [3.8, 4) is 0 Å². The number of unbranched alkanes of at least 4 members (excludes halogenated alkanes) is 13. The molecule has 122 valence electrons. The van der Waals surface area contributed by atoms with Gasteiger partial charge in [0.05, 0.1) is 6.61 Å². The highest BCUT2D eigenvalue weighted by molar-refractivity contribution is 4.58. The van der Waals surface area contributed by atoms with Crippen LogP contribution in [0.25, 0.3) is 0 Å². The predicted molar refractivity (Wildman–Crippen MR) is 90.0 cm³/mol. The Labute approximate surface area is 127 Å². The molecule has 0 heterocycles. The van der Waals surface area contributed by atoms with Crippen LogP contribution in [0.1, 0.15) is 103 Å². The first kappa shape index (κ1) is 19.9. The fourth-order valence-corrected chi connectivity index (χ4v) is 2.69. The maximum Gasteiger partial charge on any atom is 0.0582 e. The summed E-state index contributed by atoms with van der Waals surface area (Å²) in [6.45, 7) is 2.42. The quantitative estimate of drug-likeness (QED) is 0.384. The minimum Gasteiger partial charge on any atom is -0.395 e. The van der Waals surface area contributed by atoms with Gasteiger partial charge < -0.3 is 10.8 Å². The number of aliphatic hydroxyl groups is 1. The van der Waals surface area contributed by atoms with Crippen molar-refractivity contribution in [2.45, 2.75) is 109 Å². The van der Waals surface area contributed by atoms with Crippen LogP contribution in [0.2, 0.25) is 0 Å². The Morgan fingerprint density at radius 1 is 0.650 bits per heavy atom. The third-order valence-electron chi connectivity index (χ3n) is 4.16. The van der Waals surface area contributed by atoms with Crippen LogP contribution in [0.5, 0.6) is 0 Å². The molecule has 0 unspecified atom stereocenters. The molecule has 0 aromatic carbocycles. The molecule has 0 aliphatic rings. The predicted octanol–water partition coefficient (Wildman–Crippen LogP) is 5.18. The van der Waals surface area contributed by atoms with Gasteiger partial charge in [0, 0.05) is 6.04 Å². The van der Waals surface area contributed by atoms with Crippen LogP contribution in [0, 0.1) is 0 Å². The molecule has 0 amide bonds. The first-order valence-corrected chi connectivity index (χ1v) is 9.17.